The van der Waals surface area contributed by atoms with Crippen LogP contribution in [-0.4, -0.2) is 29.8 Å². The molecule has 0 unspecified atom stereocenters. The van der Waals surface area contributed by atoms with Gasteiger partial charge in [0.05, 0.1) is 0 Å². The Labute approximate surface area is 141 Å². The molecule has 6 nitrogen and oxygen atoms in total. The summed E-state index contributed by atoms with van der Waals surface area (Å²) < 4.78 is 13.0. The zero-order valence-electron chi connectivity index (χ0n) is 14.1. The van der Waals surface area contributed by atoms with E-state index in [0.717, 1.165) is 0 Å². The maximum atomic E-state index is 13.0. The van der Waals surface area contributed by atoms with E-state index in [1.54, 1.807) is 0 Å². The van der Waals surface area contributed by atoms with Crippen molar-refractivity contribution in [1.82, 2.24) is 10.6 Å². The van der Waals surface area contributed by atoms with E-state index in [0.29, 0.717) is 12.0 Å². The highest BCUT2D eigenvalue weighted by atomic mass is 19.1. The number of hydrogen-bond donors (Lipinski definition) is 3. The van der Waals surface area contributed by atoms with Crippen LogP contribution in [0.4, 0.5) is 4.39 Å². The number of rotatable bonds is 8. The molecule has 0 saturated carbocycles. The predicted molar refractivity (Wildman–Crippen MR) is 88.3 cm³/mol. The van der Waals surface area contributed by atoms with E-state index >= 15 is 0 Å². The molecule has 7 heteroatoms. The number of halogens is 1. The fraction of sp³-hybridized carbons (Fsp3) is 0.471. The van der Waals surface area contributed by atoms with E-state index in [1.807, 2.05) is 13.8 Å². The van der Waals surface area contributed by atoms with Gasteiger partial charge in [0.2, 0.25) is 17.7 Å². The van der Waals surface area contributed by atoms with Gasteiger partial charge in [0.15, 0.2) is 0 Å². The molecule has 3 atom stereocenters. The lowest BCUT2D eigenvalue weighted by Crippen LogP contribution is -2.55. The lowest BCUT2D eigenvalue weighted by atomic mass is 9.97. The number of amides is 3. The van der Waals surface area contributed by atoms with Crippen LogP contribution in [0.15, 0.2) is 24.3 Å². The van der Waals surface area contributed by atoms with Crippen molar-refractivity contribution in [3.8, 4) is 0 Å². The van der Waals surface area contributed by atoms with E-state index in [4.69, 9.17) is 5.73 Å². The highest BCUT2D eigenvalue weighted by molar-refractivity contribution is 5.91. The van der Waals surface area contributed by atoms with Crippen LogP contribution in [0.25, 0.3) is 0 Å². The topological polar surface area (TPSA) is 101 Å². The Bertz CT molecular complexity index is 589. The molecule has 0 aliphatic carbocycles. The van der Waals surface area contributed by atoms with E-state index in [9.17, 15) is 18.8 Å². The smallest absolute Gasteiger partial charge is 0.243 e. The minimum atomic E-state index is -0.876. The van der Waals surface area contributed by atoms with Crippen LogP contribution >= 0.6 is 0 Å². The second-order valence-corrected chi connectivity index (χ2v) is 5.86. The number of nitrogens with two attached hydrogens (primary N) is 1. The summed E-state index contributed by atoms with van der Waals surface area (Å²) >= 11 is 0. The Morgan fingerprint density at radius 3 is 2.21 bits per heavy atom. The maximum absolute atomic E-state index is 13.0. The lowest BCUT2D eigenvalue weighted by molar-refractivity contribution is -0.131. The maximum Gasteiger partial charge on any atom is 0.243 e. The molecule has 0 spiro atoms. The first kappa shape index (κ1) is 19.6. The lowest BCUT2D eigenvalue weighted by Gasteiger charge is -2.25. The highest BCUT2D eigenvalue weighted by Gasteiger charge is 2.28. The van der Waals surface area contributed by atoms with E-state index in [-0.39, 0.29) is 24.1 Å². The van der Waals surface area contributed by atoms with Crippen molar-refractivity contribution in [2.45, 2.75) is 45.7 Å². The summed E-state index contributed by atoms with van der Waals surface area (Å²) in [6.45, 7) is 4.99. The molecular weight excluding hydrogens is 313 g/mol. The molecular formula is C17H24FN3O3. The van der Waals surface area contributed by atoms with Crippen molar-refractivity contribution in [2.75, 3.05) is 0 Å². The fourth-order valence-electron chi connectivity index (χ4n) is 2.29. The third kappa shape index (κ3) is 5.98. The highest BCUT2D eigenvalue weighted by Crippen LogP contribution is 2.10. The van der Waals surface area contributed by atoms with Crippen molar-refractivity contribution >= 4 is 17.7 Å². The van der Waals surface area contributed by atoms with E-state index in [2.05, 4.69) is 10.6 Å². The van der Waals surface area contributed by atoms with E-state index in [1.165, 1.54) is 31.2 Å². The number of benzene rings is 1. The SMILES string of the molecule is CC[C@@H](C)[C@H](NC(=O)[C@@H](Cc1ccc(F)cc1)NC(C)=O)C(N)=O. The molecule has 4 N–H and O–H groups in total. The Morgan fingerprint density at radius 2 is 1.75 bits per heavy atom. The van der Waals surface area contributed by atoms with Crippen molar-refractivity contribution in [3.63, 3.8) is 0 Å². The van der Waals surface area contributed by atoms with E-state index < -0.39 is 23.9 Å². The molecule has 0 aliphatic heterocycles. The van der Waals surface area contributed by atoms with Crippen molar-refractivity contribution < 1.29 is 18.8 Å². The average Bonchev–Trinajstić information content (AvgIpc) is 2.52. The normalized spacial score (nSPS) is 14.3. The molecule has 1 aromatic carbocycles. The van der Waals surface area contributed by atoms with Gasteiger partial charge in [-0.25, -0.2) is 4.39 Å². The van der Waals surface area contributed by atoms with Crippen LogP contribution in [0.1, 0.15) is 32.8 Å². The summed E-state index contributed by atoms with van der Waals surface area (Å²) in [6.07, 6.45) is 0.842. The molecule has 132 valence electrons. The average molecular weight is 337 g/mol. The predicted octanol–water partition coefficient (Wildman–Crippen LogP) is 0.889. The van der Waals surface area contributed by atoms with Gasteiger partial charge < -0.3 is 16.4 Å². The standard InChI is InChI=1S/C17H24FN3O3/c1-4-10(2)15(16(19)23)21-17(24)14(20-11(3)22)9-12-5-7-13(18)8-6-12/h5-8,10,14-15H,4,9H2,1-3H3,(H2,19,23)(H,20,22)(H,21,24)/t10-,14-,15+/m1/s1. The first-order chi connectivity index (χ1) is 11.2. The van der Waals surface area contributed by atoms with Gasteiger partial charge in [0.25, 0.3) is 0 Å². The molecule has 3 amide bonds. The number of carbonyl (C=O) groups is 3. The molecule has 0 saturated heterocycles. The van der Waals surface area contributed by atoms with Gasteiger partial charge in [-0.3, -0.25) is 14.4 Å². The van der Waals surface area contributed by atoms with Crippen LogP contribution in [0.3, 0.4) is 0 Å². The van der Waals surface area contributed by atoms with Gasteiger partial charge in [-0.15, -0.1) is 0 Å². The van der Waals surface area contributed by atoms with Crippen LogP contribution in [0, 0.1) is 11.7 Å². The summed E-state index contributed by atoms with van der Waals surface area (Å²) in [5.74, 6) is -2.02. The molecule has 0 aliphatic rings. The van der Waals surface area contributed by atoms with Gasteiger partial charge in [0, 0.05) is 13.3 Å². The van der Waals surface area contributed by atoms with Crippen molar-refractivity contribution in [1.29, 1.82) is 0 Å². The Kier molecular flexibility index (Phi) is 7.35. The second kappa shape index (κ2) is 9.00. The van der Waals surface area contributed by atoms with Crippen molar-refractivity contribution in [2.24, 2.45) is 11.7 Å². The number of nitrogens with one attached hydrogen (secondary N) is 2. The molecule has 1 aromatic rings. The number of primary amides is 1. The van der Waals surface area contributed by atoms with Gasteiger partial charge in [-0.2, -0.15) is 0 Å². The van der Waals surface area contributed by atoms with Crippen LogP contribution in [-0.2, 0) is 20.8 Å². The largest absolute Gasteiger partial charge is 0.368 e. The minimum absolute atomic E-state index is 0.129. The van der Waals surface area contributed by atoms with Crippen molar-refractivity contribution in [3.05, 3.63) is 35.6 Å². The third-order valence-corrected chi connectivity index (χ3v) is 3.86. The summed E-state index contributed by atoms with van der Waals surface area (Å²) in [6, 6.07) is 3.95. The molecule has 0 radical (unpaired) electrons. The Balaban J connectivity index is 2.89. The molecule has 0 heterocycles. The summed E-state index contributed by atoms with van der Waals surface area (Å²) in [5.41, 5.74) is 6.03. The third-order valence-electron chi connectivity index (χ3n) is 3.86. The van der Waals surface area contributed by atoms with Gasteiger partial charge in [-0.1, -0.05) is 32.4 Å². The molecule has 0 aromatic heterocycles. The molecule has 1 rings (SSSR count). The number of carbonyl (C=O) groups excluding carboxylic acids is 3. The van der Waals surface area contributed by atoms with Gasteiger partial charge >= 0.3 is 0 Å². The monoisotopic (exact) mass is 337 g/mol. The number of hydrogen-bond acceptors (Lipinski definition) is 3. The van der Waals surface area contributed by atoms with Gasteiger partial charge in [0.1, 0.15) is 17.9 Å². The van der Waals surface area contributed by atoms with Crippen LogP contribution in [0.5, 0.6) is 0 Å². The first-order valence-electron chi connectivity index (χ1n) is 7.85. The zero-order chi connectivity index (χ0) is 18.3. The second-order valence-electron chi connectivity index (χ2n) is 5.86. The van der Waals surface area contributed by atoms with Gasteiger partial charge in [-0.05, 0) is 23.6 Å². The summed E-state index contributed by atoms with van der Waals surface area (Å²) in [7, 11) is 0. The van der Waals surface area contributed by atoms with Crippen LogP contribution in [0.2, 0.25) is 0 Å². The Morgan fingerprint density at radius 1 is 1.17 bits per heavy atom. The zero-order valence-corrected chi connectivity index (χ0v) is 14.1. The fourth-order valence-corrected chi connectivity index (χ4v) is 2.29. The molecule has 0 fully saturated rings. The molecule has 24 heavy (non-hydrogen) atoms. The first-order valence-corrected chi connectivity index (χ1v) is 7.85. The quantitative estimate of drug-likeness (QED) is 0.656. The summed E-state index contributed by atoms with van der Waals surface area (Å²) in [4.78, 5) is 35.4. The van der Waals surface area contributed by atoms with Crippen LogP contribution < -0.4 is 16.4 Å². The Hall–Kier alpha value is -2.44. The summed E-state index contributed by atoms with van der Waals surface area (Å²) in [5, 5.41) is 5.15. The molecule has 0 bridgehead atoms. The minimum Gasteiger partial charge on any atom is -0.368 e.